The first-order valence-electron chi connectivity index (χ1n) is 7.25. The molecular weight excluding hydrogens is 226 g/mol. The molecule has 0 saturated carbocycles. The maximum atomic E-state index is 5.93. The number of hydrogen-bond donors (Lipinski definition) is 0. The minimum Gasteiger partial charge on any atom is -0.346 e. The van der Waals surface area contributed by atoms with Gasteiger partial charge in [0.15, 0.2) is 5.79 Å². The van der Waals surface area contributed by atoms with Gasteiger partial charge in [-0.15, -0.1) is 0 Å². The van der Waals surface area contributed by atoms with Crippen LogP contribution in [-0.2, 0) is 9.47 Å². The fourth-order valence-corrected chi connectivity index (χ4v) is 3.18. The van der Waals surface area contributed by atoms with Crippen molar-refractivity contribution >= 4 is 0 Å². The van der Waals surface area contributed by atoms with Crippen molar-refractivity contribution in [2.45, 2.75) is 71.8 Å². The average Bonchev–Trinajstić information content (AvgIpc) is 2.86. The normalized spacial score (nSPS) is 29.3. The van der Waals surface area contributed by atoms with E-state index in [9.17, 15) is 0 Å². The first-order chi connectivity index (χ1) is 8.20. The van der Waals surface area contributed by atoms with Crippen molar-refractivity contribution < 1.29 is 9.47 Å². The van der Waals surface area contributed by atoms with E-state index < -0.39 is 0 Å². The van der Waals surface area contributed by atoms with Crippen molar-refractivity contribution in [1.29, 1.82) is 0 Å². The third kappa shape index (κ3) is 2.45. The monoisotopic (exact) mass is 255 g/mol. The molecule has 106 valence electrons. The van der Waals surface area contributed by atoms with Crippen LogP contribution in [0.1, 0.15) is 54.4 Å². The van der Waals surface area contributed by atoms with Crippen LogP contribution in [0.2, 0.25) is 0 Å². The Balaban J connectivity index is 2.25. The van der Waals surface area contributed by atoms with Gasteiger partial charge in [0.1, 0.15) is 0 Å². The number of rotatable bonds is 2. The van der Waals surface area contributed by atoms with Gasteiger partial charge in [0.2, 0.25) is 0 Å². The lowest BCUT2D eigenvalue weighted by Gasteiger charge is -2.43. The highest BCUT2D eigenvalue weighted by Crippen LogP contribution is 2.45. The number of nitrogens with zero attached hydrogens (tertiary/aromatic N) is 1. The van der Waals surface area contributed by atoms with E-state index in [1.165, 1.54) is 6.42 Å². The van der Waals surface area contributed by atoms with E-state index in [2.05, 4.69) is 46.4 Å². The molecule has 0 bridgehead atoms. The zero-order chi connectivity index (χ0) is 13.6. The van der Waals surface area contributed by atoms with Crippen molar-refractivity contribution in [3.05, 3.63) is 0 Å². The summed E-state index contributed by atoms with van der Waals surface area (Å²) in [5.41, 5.74) is 0.460. The van der Waals surface area contributed by atoms with Crippen LogP contribution in [0.4, 0.5) is 0 Å². The van der Waals surface area contributed by atoms with Gasteiger partial charge in [0, 0.05) is 18.0 Å². The second-order valence-electron chi connectivity index (χ2n) is 7.47. The van der Waals surface area contributed by atoms with Gasteiger partial charge < -0.3 is 9.47 Å². The van der Waals surface area contributed by atoms with Gasteiger partial charge in [-0.05, 0) is 32.6 Å². The smallest absolute Gasteiger partial charge is 0.182 e. The Bertz CT molecular complexity index is 300. The molecule has 2 heterocycles. The van der Waals surface area contributed by atoms with Crippen LogP contribution in [0.3, 0.4) is 0 Å². The highest BCUT2D eigenvalue weighted by Gasteiger charge is 2.54. The topological polar surface area (TPSA) is 21.7 Å². The second-order valence-corrected chi connectivity index (χ2v) is 7.47. The molecule has 0 aromatic heterocycles. The van der Waals surface area contributed by atoms with E-state index in [0.717, 1.165) is 26.2 Å². The molecule has 2 aliphatic heterocycles. The molecule has 2 rings (SSSR count). The third-order valence-corrected chi connectivity index (χ3v) is 4.78. The van der Waals surface area contributed by atoms with Gasteiger partial charge in [0.05, 0.1) is 19.8 Å². The quantitative estimate of drug-likeness (QED) is 0.757. The molecule has 2 aliphatic rings. The lowest BCUT2D eigenvalue weighted by Crippen LogP contribution is -2.50. The van der Waals surface area contributed by atoms with E-state index in [1.807, 2.05) is 0 Å². The molecule has 0 amide bonds. The van der Waals surface area contributed by atoms with Gasteiger partial charge in [-0.2, -0.15) is 0 Å². The van der Waals surface area contributed by atoms with Gasteiger partial charge in [-0.25, -0.2) is 0 Å². The Kier molecular flexibility index (Phi) is 3.54. The fourth-order valence-electron chi connectivity index (χ4n) is 3.18. The first kappa shape index (κ1) is 14.3. The number of ether oxygens (including phenoxy) is 2. The van der Waals surface area contributed by atoms with Crippen LogP contribution in [0.25, 0.3) is 0 Å². The fraction of sp³-hybridized carbons (Fsp3) is 1.00. The maximum Gasteiger partial charge on any atom is 0.182 e. The molecule has 0 unspecified atom stereocenters. The molecule has 0 aromatic carbocycles. The Morgan fingerprint density at radius 2 is 1.67 bits per heavy atom. The lowest BCUT2D eigenvalue weighted by atomic mass is 9.79. The Morgan fingerprint density at radius 1 is 1.11 bits per heavy atom. The summed E-state index contributed by atoms with van der Waals surface area (Å²) in [6.07, 6.45) is 2.19. The zero-order valence-corrected chi connectivity index (χ0v) is 12.9. The summed E-state index contributed by atoms with van der Waals surface area (Å²) in [7, 11) is 0. The molecule has 3 heteroatoms. The predicted molar refractivity (Wildman–Crippen MR) is 73.6 cm³/mol. The minimum atomic E-state index is -0.329. The minimum absolute atomic E-state index is 0.163. The van der Waals surface area contributed by atoms with Gasteiger partial charge >= 0.3 is 0 Å². The Hall–Kier alpha value is -0.120. The molecule has 3 nitrogen and oxygen atoms in total. The van der Waals surface area contributed by atoms with Gasteiger partial charge in [-0.1, -0.05) is 20.8 Å². The molecule has 2 fully saturated rings. The Labute approximate surface area is 112 Å². The van der Waals surface area contributed by atoms with Crippen molar-refractivity contribution in [3.8, 4) is 0 Å². The van der Waals surface area contributed by atoms with Crippen LogP contribution < -0.4 is 0 Å². The van der Waals surface area contributed by atoms with Crippen LogP contribution in [0, 0.1) is 5.41 Å². The maximum absolute atomic E-state index is 5.93. The molecule has 1 atom stereocenters. The molecule has 0 aliphatic carbocycles. The lowest BCUT2D eigenvalue weighted by molar-refractivity contribution is -0.148. The van der Waals surface area contributed by atoms with Crippen LogP contribution in [0.5, 0.6) is 0 Å². The predicted octanol–water partition coefficient (Wildman–Crippen LogP) is 3.04. The van der Waals surface area contributed by atoms with Crippen molar-refractivity contribution in [3.63, 3.8) is 0 Å². The first-order valence-corrected chi connectivity index (χ1v) is 7.25. The highest BCUT2D eigenvalue weighted by molar-refractivity contribution is 5.03. The molecule has 0 radical (unpaired) electrons. The SMILES string of the molecule is CCC(C)(C)[C@@H]1CC2(CN1C(C)(C)C)OCCO2. The van der Waals surface area contributed by atoms with Crippen molar-refractivity contribution in [2.75, 3.05) is 19.8 Å². The van der Waals surface area contributed by atoms with E-state index >= 15 is 0 Å². The van der Waals surface area contributed by atoms with E-state index in [-0.39, 0.29) is 11.3 Å². The van der Waals surface area contributed by atoms with Crippen molar-refractivity contribution in [2.24, 2.45) is 5.41 Å². The number of likely N-dealkylation sites (tertiary alicyclic amines) is 1. The summed E-state index contributed by atoms with van der Waals surface area (Å²) in [6.45, 7) is 16.3. The summed E-state index contributed by atoms with van der Waals surface area (Å²) < 4.78 is 11.9. The molecule has 0 N–H and O–H groups in total. The van der Waals surface area contributed by atoms with E-state index in [0.29, 0.717) is 11.5 Å². The molecule has 0 aromatic rings. The number of hydrogen-bond acceptors (Lipinski definition) is 3. The second kappa shape index (κ2) is 4.46. The summed E-state index contributed by atoms with van der Waals surface area (Å²) in [6, 6.07) is 0.528. The largest absolute Gasteiger partial charge is 0.346 e. The standard InChI is InChI=1S/C15H29NO2/c1-7-14(5,6)12-10-15(17-8-9-18-15)11-16(12)13(2,3)4/h12H,7-11H2,1-6H3/t12-/m0/s1. The summed E-state index contributed by atoms with van der Waals surface area (Å²) in [5.74, 6) is -0.329. The average molecular weight is 255 g/mol. The van der Waals surface area contributed by atoms with Crippen molar-refractivity contribution in [1.82, 2.24) is 4.90 Å². The van der Waals surface area contributed by atoms with Crippen LogP contribution in [-0.4, -0.2) is 42.0 Å². The molecular formula is C15H29NO2. The zero-order valence-electron chi connectivity index (χ0n) is 12.9. The van der Waals surface area contributed by atoms with Gasteiger partial charge in [0.25, 0.3) is 0 Å². The Morgan fingerprint density at radius 3 is 2.11 bits per heavy atom. The highest BCUT2D eigenvalue weighted by atomic mass is 16.7. The van der Waals surface area contributed by atoms with Crippen LogP contribution >= 0.6 is 0 Å². The molecule has 1 spiro atoms. The third-order valence-electron chi connectivity index (χ3n) is 4.78. The molecule has 18 heavy (non-hydrogen) atoms. The van der Waals surface area contributed by atoms with Gasteiger partial charge in [-0.3, -0.25) is 4.90 Å². The van der Waals surface area contributed by atoms with E-state index in [1.54, 1.807) is 0 Å². The summed E-state index contributed by atoms with van der Waals surface area (Å²) in [4.78, 5) is 2.59. The summed E-state index contributed by atoms with van der Waals surface area (Å²) in [5, 5.41) is 0. The summed E-state index contributed by atoms with van der Waals surface area (Å²) >= 11 is 0. The molecule has 2 saturated heterocycles. The van der Waals surface area contributed by atoms with E-state index in [4.69, 9.17) is 9.47 Å². The van der Waals surface area contributed by atoms with Crippen LogP contribution in [0.15, 0.2) is 0 Å².